The largest absolute Gasteiger partial charge is 0.357 e. The molecule has 0 saturated carbocycles. The molecule has 0 atom stereocenters. The van der Waals surface area contributed by atoms with Crippen LogP contribution >= 0.6 is 0 Å². The minimum Gasteiger partial charge on any atom is -0.357 e. The van der Waals surface area contributed by atoms with E-state index in [4.69, 9.17) is 0 Å². The zero-order chi connectivity index (χ0) is 17.8. The molecule has 1 amide bonds. The van der Waals surface area contributed by atoms with Crippen molar-refractivity contribution in [3.63, 3.8) is 0 Å². The van der Waals surface area contributed by atoms with Crippen LogP contribution in [-0.4, -0.2) is 31.5 Å². The zero-order valence-electron chi connectivity index (χ0n) is 15.5. The number of hydrogen-bond donors (Lipinski definition) is 3. The number of benzene rings is 1. The summed E-state index contributed by atoms with van der Waals surface area (Å²) in [6.07, 6.45) is 2.36. The molecule has 0 aliphatic carbocycles. The molecule has 1 rings (SSSR count). The molecule has 0 aromatic heterocycles. The first-order chi connectivity index (χ1) is 11.6. The van der Waals surface area contributed by atoms with Gasteiger partial charge in [0.05, 0.1) is 6.54 Å². The molecule has 0 unspecified atom stereocenters. The number of carbonyl (C=O) groups excluding carboxylic acids is 1. The molecule has 0 aliphatic rings. The van der Waals surface area contributed by atoms with Gasteiger partial charge in [-0.15, -0.1) is 0 Å². The number of amides is 1. The fourth-order valence-corrected chi connectivity index (χ4v) is 2.25. The van der Waals surface area contributed by atoms with Crippen LogP contribution in [0.5, 0.6) is 0 Å². The van der Waals surface area contributed by atoms with Crippen LogP contribution in [-0.2, 0) is 6.54 Å². The maximum Gasteiger partial charge on any atom is 0.251 e. The monoisotopic (exact) mass is 332 g/mol. The Bertz CT molecular complexity index is 509. The van der Waals surface area contributed by atoms with E-state index in [1.54, 1.807) is 0 Å². The Morgan fingerprint density at radius 3 is 2.29 bits per heavy atom. The molecular weight excluding hydrogens is 300 g/mol. The van der Waals surface area contributed by atoms with Crippen molar-refractivity contribution in [1.29, 1.82) is 0 Å². The van der Waals surface area contributed by atoms with Gasteiger partial charge in [-0.05, 0) is 50.3 Å². The average Bonchev–Trinajstić information content (AvgIpc) is 2.57. The van der Waals surface area contributed by atoms with Crippen molar-refractivity contribution < 1.29 is 4.79 Å². The van der Waals surface area contributed by atoms with Crippen LogP contribution in [0, 0.1) is 5.92 Å². The predicted octanol–water partition coefficient (Wildman–Crippen LogP) is 2.93. The van der Waals surface area contributed by atoms with E-state index < -0.39 is 0 Å². The molecule has 5 heteroatoms. The molecule has 0 saturated heterocycles. The fourth-order valence-electron chi connectivity index (χ4n) is 2.25. The summed E-state index contributed by atoms with van der Waals surface area (Å²) in [5.74, 6) is 1.54. The quantitative estimate of drug-likeness (QED) is 0.370. The van der Waals surface area contributed by atoms with E-state index in [2.05, 4.69) is 41.7 Å². The van der Waals surface area contributed by atoms with Crippen LogP contribution in [0.15, 0.2) is 29.3 Å². The number of aliphatic imine (C=N–C) groups is 1. The summed E-state index contributed by atoms with van der Waals surface area (Å²) in [5, 5.41) is 9.43. The molecule has 0 bridgehead atoms. The van der Waals surface area contributed by atoms with Gasteiger partial charge in [-0.3, -0.25) is 4.79 Å². The Labute approximate surface area is 146 Å². The molecular formula is C19H32N4O. The predicted molar refractivity (Wildman–Crippen MR) is 101 cm³/mol. The highest BCUT2D eigenvalue weighted by atomic mass is 16.1. The SMILES string of the molecule is CCNC(=O)c1ccc(CN=C(NCC)NCCCC(C)C)cc1. The molecule has 0 spiro atoms. The van der Waals surface area contributed by atoms with E-state index in [1.807, 2.05) is 31.2 Å². The fraction of sp³-hybridized carbons (Fsp3) is 0.579. The second-order valence-electron chi connectivity index (χ2n) is 6.21. The van der Waals surface area contributed by atoms with Crippen molar-refractivity contribution in [3.05, 3.63) is 35.4 Å². The summed E-state index contributed by atoms with van der Waals surface area (Å²) in [6, 6.07) is 7.60. The Morgan fingerprint density at radius 1 is 1.04 bits per heavy atom. The summed E-state index contributed by atoms with van der Waals surface area (Å²) in [7, 11) is 0. The standard InChI is InChI=1S/C19H32N4O/c1-5-20-18(24)17-11-9-16(10-12-17)14-23-19(21-6-2)22-13-7-8-15(3)4/h9-12,15H,5-8,13-14H2,1-4H3,(H,20,24)(H2,21,22,23). The van der Waals surface area contributed by atoms with Crippen LogP contribution in [0.3, 0.4) is 0 Å². The summed E-state index contributed by atoms with van der Waals surface area (Å²) < 4.78 is 0. The lowest BCUT2D eigenvalue weighted by atomic mass is 10.1. The van der Waals surface area contributed by atoms with Gasteiger partial charge >= 0.3 is 0 Å². The molecule has 0 heterocycles. The minimum atomic E-state index is -0.0345. The van der Waals surface area contributed by atoms with Gasteiger partial charge in [-0.2, -0.15) is 0 Å². The smallest absolute Gasteiger partial charge is 0.251 e. The molecule has 24 heavy (non-hydrogen) atoms. The van der Waals surface area contributed by atoms with Gasteiger partial charge < -0.3 is 16.0 Å². The molecule has 3 N–H and O–H groups in total. The van der Waals surface area contributed by atoms with Gasteiger partial charge in [0.2, 0.25) is 0 Å². The first-order valence-corrected chi connectivity index (χ1v) is 8.96. The molecule has 5 nitrogen and oxygen atoms in total. The normalized spacial score (nSPS) is 11.5. The molecule has 0 fully saturated rings. The lowest BCUT2D eigenvalue weighted by molar-refractivity contribution is 0.0956. The molecule has 1 aromatic carbocycles. The van der Waals surface area contributed by atoms with Crippen molar-refractivity contribution in [2.75, 3.05) is 19.6 Å². The van der Waals surface area contributed by atoms with Crippen molar-refractivity contribution in [3.8, 4) is 0 Å². The Balaban J connectivity index is 2.54. The second-order valence-corrected chi connectivity index (χ2v) is 6.21. The highest BCUT2D eigenvalue weighted by Crippen LogP contribution is 2.06. The van der Waals surface area contributed by atoms with E-state index in [9.17, 15) is 4.79 Å². The molecule has 0 radical (unpaired) electrons. The van der Waals surface area contributed by atoms with Gasteiger partial charge in [0.1, 0.15) is 0 Å². The Hall–Kier alpha value is -2.04. The van der Waals surface area contributed by atoms with Crippen molar-refractivity contribution in [2.24, 2.45) is 10.9 Å². The van der Waals surface area contributed by atoms with E-state index in [-0.39, 0.29) is 5.91 Å². The Morgan fingerprint density at radius 2 is 1.71 bits per heavy atom. The molecule has 1 aromatic rings. The molecule has 134 valence electrons. The Kier molecular flexibility index (Phi) is 9.58. The van der Waals surface area contributed by atoms with Crippen molar-refractivity contribution in [2.45, 2.75) is 47.1 Å². The highest BCUT2D eigenvalue weighted by molar-refractivity contribution is 5.94. The van der Waals surface area contributed by atoms with Gasteiger partial charge in [0.15, 0.2) is 5.96 Å². The van der Waals surface area contributed by atoms with Crippen LogP contribution in [0.1, 0.15) is 56.5 Å². The van der Waals surface area contributed by atoms with Gasteiger partial charge in [0, 0.05) is 25.2 Å². The number of nitrogens with one attached hydrogen (secondary N) is 3. The topological polar surface area (TPSA) is 65.5 Å². The first-order valence-electron chi connectivity index (χ1n) is 8.96. The van der Waals surface area contributed by atoms with Gasteiger partial charge in [-0.1, -0.05) is 26.0 Å². The van der Waals surface area contributed by atoms with Gasteiger partial charge in [-0.25, -0.2) is 4.99 Å². The summed E-state index contributed by atoms with van der Waals surface area (Å²) in [6.45, 7) is 11.5. The van der Waals surface area contributed by atoms with Crippen LogP contribution in [0.4, 0.5) is 0 Å². The van der Waals surface area contributed by atoms with Gasteiger partial charge in [0.25, 0.3) is 5.91 Å². The lowest BCUT2D eigenvalue weighted by Gasteiger charge is -2.12. The van der Waals surface area contributed by atoms with E-state index in [0.717, 1.165) is 37.0 Å². The summed E-state index contributed by atoms with van der Waals surface area (Å²) in [4.78, 5) is 16.3. The maximum atomic E-state index is 11.7. The average molecular weight is 332 g/mol. The van der Waals surface area contributed by atoms with Crippen LogP contribution in [0.25, 0.3) is 0 Å². The van der Waals surface area contributed by atoms with Crippen molar-refractivity contribution >= 4 is 11.9 Å². The third-order valence-corrected chi connectivity index (χ3v) is 3.57. The number of rotatable bonds is 9. The van der Waals surface area contributed by atoms with E-state index >= 15 is 0 Å². The highest BCUT2D eigenvalue weighted by Gasteiger charge is 2.03. The third kappa shape index (κ3) is 7.99. The number of carbonyl (C=O) groups is 1. The number of hydrogen-bond acceptors (Lipinski definition) is 2. The second kappa shape index (κ2) is 11.5. The van der Waals surface area contributed by atoms with E-state index in [1.165, 1.54) is 6.42 Å². The lowest BCUT2D eigenvalue weighted by Crippen LogP contribution is -2.37. The van der Waals surface area contributed by atoms with Crippen molar-refractivity contribution in [1.82, 2.24) is 16.0 Å². The number of nitrogens with zero attached hydrogens (tertiary/aromatic N) is 1. The third-order valence-electron chi connectivity index (χ3n) is 3.57. The number of guanidine groups is 1. The first kappa shape index (κ1) is 20.0. The maximum absolute atomic E-state index is 11.7. The van der Waals surface area contributed by atoms with Crippen LogP contribution < -0.4 is 16.0 Å². The zero-order valence-corrected chi connectivity index (χ0v) is 15.5. The summed E-state index contributed by atoms with van der Waals surface area (Å²) in [5.41, 5.74) is 1.77. The summed E-state index contributed by atoms with van der Waals surface area (Å²) >= 11 is 0. The molecule has 0 aliphatic heterocycles. The van der Waals surface area contributed by atoms with E-state index in [0.29, 0.717) is 18.7 Å². The van der Waals surface area contributed by atoms with Crippen LogP contribution in [0.2, 0.25) is 0 Å². The minimum absolute atomic E-state index is 0.0345.